The molecule has 0 saturated carbocycles. The summed E-state index contributed by atoms with van der Waals surface area (Å²) in [6.45, 7) is 4.26. The Bertz CT molecular complexity index is 1370. The summed E-state index contributed by atoms with van der Waals surface area (Å²) in [5, 5.41) is 16.2. The van der Waals surface area contributed by atoms with E-state index in [0.29, 0.717) is 25.8 Å². The molecule has 2 aromatic carbocycles. The van der Waals surface area contributed by atoms with E-state index < -0.39 is 47.9 Å². The largest absolute Gasteiger partial charge is 0.480 e. The first kappa shape index (κ1) is 29.8. The number of hydrogen-bond acceptors (Lipinski definition) is 5. The Kier molecular flexibility index (Phi) is 9.78. The highest BCUT2D eigenvalue weighted by molar-refractivity contribution is 5.95. The van der Waals surface area contributed by atoms with Gasteiger partial charge in [0.2, 0.25) is 17.7 Å². The predicted molar refractivity (Wildman–Crippen MR) is 156 cm³/mol. The molecule has 41 heavy (non-hydrogen) atoms. The summed E-state index contributed by atoms with van der Waals surface area (Å²) in [6, 6.07) is 13.0. The number of nitrogens with two attached hydrogens (primary N) is 1. The Balaban J connectivity index is 1.53. The SMILES string of the molecule is CC(C)CC(N)C(=O)NC(Cc1c[nH]c2ccccc12)C(=O)N1CCCC1C(=O)NC(Cc1ccccc1)C(=O)O. The molecule has 2 heterocycles. The van der Waals surface area contributed by atoms with Crippen LogP contribution in [0.15, 0.2) is 60.8 Å². The predicted octanol–water partition coefficient (Wildman–Crippen LogP) is 2.37. The number of para-hydroxylation sites is 1. The summed E-state index contributed by atoms with van der Waals surface area (Å²) in [5.41, 5.74) is 8.68. The van der Waals surface area contributed by atoms with Gasteiger partial charge in [-0.25, -0.2) is 4.79 Å². The van der Waals surface area contributed by atoms with E-state index >= 15 is 0 Å². The summed E-state index contributed by atoms with van der Waals surface area (Å²) in [7, 11) is 0. The molecule has 0 radical (unpaired) electrons. The van der Waals surface area contributed by atoms with Crippen molar-refractivity contribution < 1.29 is 24.3 Å². The highest BCUT2D eigenvalue weighted by atomic mass is 16.4. The number of nitrogens with zero attached hydrogens (tertiary/aromatic N) is 1. The van der Waals surface area contributed by atoms with E-state index in [1.165, 1.54) is 4.90 Å². The van der Waals surface area contributed by atoms with Crippen molar-refractivity contribution >= 4 is 34.6 Å². The standard InChI is InChI=1S/C31H39N5O5/c1-19(2)15-23(32)28(37)34-25(17-21-18-33-24-12-7-6-11-22(21)24)30(39)36-14-8-13-27(36)29(38)35-26(31(40)41)16-20-9-4-3-5-10-20/h3-7,9-12,18-19,23,25-27,33H,8,13-17,32H2,1-2H3,(H,34,37)(H,35,38)(H,40,41). The second-order valence-electron chi connectivity index (χ2n) is 11.1. The third kappa shape index (κ3) is 7.52. The van der Waals surface area contributed by atoms with Crippen LogP contribution in [0.25, 0.3) is 10.9 Å². The first-order chi connectivity index (χ1) is 19.6. The molecular formula is C31H39N5O5. The average Bonchev–Trinajstić information content (AvgIpc) is 3.60. The van der Waals surface area contributed by atoms with Gasteiger partial charge in [0.25, 0.3) is 0 Å². The summed E-state index contributed by atoms with van der Waals surface area (Å²) in [6.07, 6.45) is 3.60. The van der Waals surface area contributed by atoms with E-state index in [4.69, 9.17) is 5.73 Å². The molecule has 3 amide bonds. The van der Waals surface area contributed by atoms with Gasteiger partial charge < -0.3 is 31.4 Å². The van der Waals surface area contributed by atoms with E-state index in [-0.39, 0.29) is 18.8 Å². The van der Waals surface area contributed by atoms with Crippen molar-refractivity contribution in [3.8, 4) is 0 Å². The van der Waals surface area contributed by atoms with Crippen LogP contribution in [0.3, 0.4) is 0 Å². The quantitative estimate of drug-likeness (QED) is 0.228. The van der Waals surface area contributed by atoms with Gasteiger partial charge in [-0.3, -0.25) is 14.4 Å². The Morgan fingerprint density at radius 1 is 1.00 bits per heavy atom. The summed E-state index contributed by atoms with van der Waals surface area (Å²) in [5.74, 6) is -2.29. The number of benzene rings is 2. The van der Waals surface area contributed by atoms with Crippen molar-refractivity contribution in [2.75, 3.05) is 6.54 Å². The molecular weight excluding hydrogens is 522 g/mol. The van der Waals surface area contributed by atoms with Crippen LogP contribution in [0.5, 0.6) is 0 Å². The van der Waals surface area contributed by atoms with Gasteiger partial charge in [0.05, 0.1) is 6.04 Å². The molecule has 0 aliphatic carbocycles. The third-order valence-corrected chi connectivity index (χ3v) is 7.51. The van der Waals surface area contributed by atoms with Crippen LogP contribution in [0.1, 0.15) is 44.2 Å². The fraction of sp³-hybridized carbons (Fsp3) is 0.419. The number of carboxylic acid groups (broad SMARTS) is 1. The number of likely N-dealkylation sites (tertiary alicyclic amines) is 1. The average molecular weight is 562 g/mol. The number of carbonyl (C=O) groups is 4. The second-order valence-corrected chi connectivity index (χ2v) is 11.1. The van der Waals surface area contributed by atoms with E-state index in [0.717, 1.165) is 22.0 Å². The minimum atomic E-state index is -1.15. The number of amides is 3. The molecule has 10 heteroatoms. The minimum Gasteiger partial charge on any atom is -0.480 e. The maximum absolute atomic E-state index is 14.0. The smallest absolute Gasteiger partial charge is 0.326 e. The van der Waals surface area contributed by atoms with E-state index in [9.17, 15) is 24.3 Å². The van der Waals surface area contributed by atoms with Crippen LogP contribution < -0.4 is 16.4 Å². The maximum Gasteiger partial charge on any atom is 0.326 e. The molecule has 3 aromatic rings. The molecule has 1 fully saturated rings. The van der Waals surface area contributed by atoms with E-state index in [2.05, 4.69) is 15.6 Å². The lowest BCUT2D eigenvalue weighted by molar-refractivity contribution is -0.144. The lowest BCUT2D eigenvalue weighted by atomic mass is 10.0. The zero-order chi connectivity index (χ0) is 29.5. The maximum atomic E-state index is 14.0. The van der Waals surface area contributed by atoms with Gasteiger partial charge in [-0.05, 0) is 42.4 Å². The summed E-state index contributed by atoms with van der Waals surface area (Å²) < 4.78 is 0. The number of fused-ring (bicyclic) bond motifs is 1. The van der Waals surface area contributed by atoms with Crippen LogP contribution in [0, 0.1) is 5.92 Å². The molecule has 10 nitrogen and oxygen atoms in total. The van der Waals surface area contributed by atoms with Crippen LogP contribution in [0.4, 0.5) is 0 Å². The third-order valence-electron chi connectivity index (χ3n) is 7.51. The molecule has 1 aliphatic heterocycles. The number of aromatic nitrogens is 1. The lowest BCUT2D eigenvalue weighted by Crippen LogP contribution is -2.57. The number of carbonyl (C=O) groups excluding carboxylic acids is 3. The van der Waals surface area contributed by atoms with Crippen LogP contribution in [-0.2, 0) is 32.0 Å². The molecule has 1 aliphatic rings. The monoisotopic (exact) mass is 561 g/mol. The van der Waals surface area contributed by atoms with Gasteiger partial charge in [-0.15, -0.1) is 0 Å². The highest BCUT2D eigenvalue weighted by Crippen LogP contribution is 2.23. The summed E-state index contributed by atoms with van der Waals surface area (Å²) in [4.78, 5) is 57.0. The molecule has 6 N–H and O–H groups in total. The van der Waals surface area contributed by atoms with Crippen molar-refractivity contribution in [1.82, 2.24) is 20.5 Å². The van der Waals surface area contributed by atoms with Crippen molar-refractivity contribution in [2.24, 2.45) is 11.7 Å². The molecule has 218 valence electrons. The van der Waals surface area contributed by atoms with Crippen molar-refractivity contribution in [2.45, 2.75) is 70.1 Å². The van der Waals surface area contributed by atoms with Crippen LogP contribution >= 0.6 is 0 Å². The van der Waals surface area contributed by atoms with Gasteiger partial charge in [0, 0.05) is 36.5 Å². The minimum absolute atomic E-state index is 0.121. The molecule has 4 rings (SSSR count). The van der Waals surface area contributed by atoms with Gasteiger partial charge in [-0.1, -0.05) is 62.4 Å². The van der Waals surface area contributed by atoms with Crippen LogP contribution in [-0.4, -0.2) is 69.4 Å². The second kappa shape index (κ2) is 13.5. The molecule has 4 atom stereocenters. The fourth-order valence-corrected chi connectivity index (χ4v) is 5.44. The Labute approximate surface area is 239 Å². The first-order valence-corrected chi connectivity index (χ1v) is 14.1. The molecule has 0 spiro atoms. The van der Waals surface area contributed by atoms with Crippen LogP contribution in [0.2, 0.25) is 0 Å². The highest BCUT2D eigenvalue weighted by Gasteiger charge is 2.39. The zero-order valence-corrected chi connectivity index (χ0v) is 23.5. The normalized spacial score (nSPS) is 17.3. The molecule has 4 unspecified atom stereocenters. The molecule has 1 aromatic heterocycles. The number of H-pyrrole nitrogens is 1. The number of carboxylic acids is 1. The van der Waals surface area contributed by atoms with Gasteiger partial charge in [0.1, 0.15) is 18.1 Å². The number of aromatic amines is 1. The number of aliphatic carboxylic acids is 1. The molecule has 0 bridgehead atoms. The lowest BCUT2D eigenvalue weighted by Gasteiger charge is -2.30. The van der Waals surface area contributed by atoms with Crippen molar-refractivity contribution in [3.05, 3.63) is 71.9 Å². The van der Waals surface area contributed by atoms with E-state index in [1.807, 2.05) is 62.5 Å². The Hall–Kier alpha value is -4.18. The van der Waals surface area contributed by atoms with Crippen molar-refractivity contribution in [3.63, 3.8) is 0 Å². The van der Waals surface area contributed by atoms with Gasteiger partial charge >= 0.3 is 5.97 Å². The fourth-order valence-electron chi connectivity index (χ4n) is 5.44. The number of hydrogen-bond donors (Lipinski definition) is 5. The number of nitrogens with one attached hydrogen (secondary N) is 3. The van der Waals surface area contributed by atoms with Crippen molar-refractivity contribution in [1.29, 1.82) is 0 Å². The first-order valence-electron chi connectivity index (χ1n) is 14.1. The van der Waals surface area contributed by atoms with Gasteiger partial charge in [0.15, 0.2) is 0 Å². The van der Waals surface area contributed by atoms with Gasteiger partial charge in [-0.2, -0.15) is 0 Å². The molecule has 1 saturated heterocycles. The summed E-state index contributed by atoms with van der Waals surface area (Å²) >= 11 is 0. The topological polar surface area (TPSA) is 158 Å². The zero-order valence-electron chi connectivity index (χ0n) is 23.5. The van der Waals surface area contributed by atoms with E-state index in [1.54, 1.807) is 12.1 Å². The Morgan fingerprint density at radius 3 is 2.41 bits per heavy atom. The Morgan fingerprint density at radius 2 is 1.71 bits per heavy atom. The number of rotatable bonds is 12.